The van der Waals surface area contributed by atoms with Gasteiger partial charge in [-0.05, 0) is 54.5 Å². The van der Waals surface area contributed by atoms with Crippen molar-refractivity contribution in [2.75, 3.05) is 6.54 Å². The maximum Gasteiger partial charge on any atom is 0.186 e. The molecule has 2 N–H and O–H groups in total. The minimum atomic E-state index is 0.506. The molecule has 2 aromatic carbocycles. The Labute approximate surface area is 150 Å². The van der Waals surface area contributed by atoms with Crippen molar-refractivity contribution in [3.8, 4) is 5.75 Å². The standard InChI is InChI=1S/C17H18BrN3OS/c1-2-19-17(23)21-20-11-14-4-3-5-16(10-14)22-12-13-6-8-15(18)9-7-13/h3-11H,2,12H2,1H3,(H2,19,21,23)/b20-11-. The second-order valence-electron chi connectivity index (χ2n) is 4.72. The summed E-state index contributed by atoms with van der Waals surface area (Å²) in [5.74, 6) is 0.797. The average molecular weight is 392 g/mol. The first-order valence-electron chi connectivity index (χ1n) is 7.21. The predicted molar refractivity (Wildman–Crippen MR) is 102 cm³/mol. The molecule has 4 nitrogen and oxygen atoms in total. The van der Waals surface area contributed by atoms with Crippen molar-refractivity contribution in [3.63, 3.8) is 0 Å². The van der Waals surface area contributed by atoms with Gasteiger partial charge in [-0.15, -0.1) is 0 Å². The van der Waals surface area contributed by atoms with Gasteiger partial charge in [0, 0.05) is 11.0 Å². The third-order valence-corrected chi connectivity index (χ3v) is 3.66. The van der Waals surface area contributed by atoms with Gasteiger partial charge in [0.2, 0.25) is 0 Å². The highest BCUT2D eigenvalue weighted by atomic mass is 79.9. The van der Waals surface area contributed by atoms with Crippen LogP contribution in [0.5, 0.6) is 5.75 Å². The van der Waals surface area contributed by atoms with E-state index in [9.17, 15) is 0 Å². The van der Waals surface area contributed by atoms with Crippen molar-refractivity contribution in [2.24, 2.45) is 5.10 Å². The first kappa shape index (κ1) is 17.4. The molecule has 0 saturated heterocycles. The van der Waals surface area contributed by atoms with Crippen LogP contribution in [0.1, 0.15) is 18.1 Å². The van der Waals surface area contributed by atoms with Gasteiger partial charge in [-0.2, -0.15) is 5.10 Å². The lowest BCUT2D eigenvalue weighted by molar-refractivity contribution is 0.306. The summed E-state index contributed by atoms with van der Waals surface area (Å²) in [7, 11) is 0. The molecule has 0 amide bonds. The Morgan fingerprint density at radius 3 is 2.78 bits per heavy atom. The monoisotopic (exact) mass is 391 g/mol. The van der Waals surface area contributed by atoms with Crippen LogP contribution in [-0.2, 0) is 6.61 Å². The van der Waals surface area contributed by atoms with E-state index in [1.807, 2.05) is 55.5 Å². The number of benzene rings is 2. The van der Waals surface area contributed by atoms with Crippen LogP contribution in [0, 0.1) is 0 Å². The summed E-state index contributed by atoms with van der Waals surface area (Å²) in [4.78, 5) is 0. The highest BCUT2D eigenvalue weighted by molar-refractivity contribution is 9.10. The first-order valence-corrected chi connectivity index (χ1v) is 8.41. The zero-order valence-electron chi connectivity index (χ0n) is 12.8. The molecule has 120 valence electrons. The topological polar surface area (TPSA) is 45.7 Å². The van der Waals surface area contributed by atoms with Gasteiger partial charge >= 0.3 is 0 Å². The molecule has 0 spiro atoms. The lowest BCUT2D eigenvalue weighted by Gasteiger charge is -2.07. The number of nitrogens with one attached hydrogen (secondary N) is 2. The van der Waals surface area contributed by atoms with Crippen molar-refractivity contribution >= 4 is 39.5 Å². The van der Waals surface area contributed by atoms with E-state index in [0.29, 0.717) is 11.7 Å². The van der Waals surface area contributed by atoms with E-state index in [1.54, 1.807) is 6.21 Å². The minimum absolute atomic E-state index is 0.506. The van der Waals surface area contributed by atoms with Crippen molar-refractivity contribution < 1.29 is 4.74 Å². The smallest absolute Gasteiger partial charge is 0.186 e. The van der Waals surface area contributed by atoms with E-state index in [0.717, 1.165) is 27.9 Å². The number of ether oxygens (including phenoxy) is 1. The van der Waals surface area contributed by atoms with E-state index < -0.39 is 0 Å². The van der Waals surface area contributed by atoms with Crippen molar-refractivity contribution in [1.29, 1.82) is 0 Å². The summed E-state index contributed by atoms with van der Waals surface area (Å²) in [6.45, 7) is 3.27. The molecule has 23 heavy (non-hydrogen) atoms. The summed E-state index contributed by atoms with van der Waals surface area (Å²) in [5.41, 5.74) is 4.81. The highest BCUT2D eigenvalue weighted by Crippen LogP contribution is 2.16. The molecule has 0 radical (unpaired) electrons. The van der Waals surface area contributed by atoms with Crippen LogP contribution in [0.3, 0.4) is 0 Å². The highest BCUT2D eigenvalue weighted by Gasteiger charge is 1.98. The number of rotatable bonds is 6. The fourth-order valence-corrected chi connectivity index (χ4v) is 2.26. The van der Waals surface area contributed by atoms with Gasteiger partial charge in [-0.1, -0.05) is 40.2 Å². The second-order valence-corrected chi connectivity index (χ2v) is 6.04. The van der Waals surface area contributed by atoms with Gasteiger partial charge in [-0.25, -0.2) is 0 Å². The zero-order valence-corrected chi connectivity index (χ0v) is 15.2. The predicted octanol–water partition coefficient (Wildman–Crippen LogP) is 3.85. The maximum absolute atomic E-state index is 5.80. The fourth-order valence-electron chi connectivity index (χ4n) is 1.80. The second kappa shape index (κ2) is 9.27. The van der Waals surface area contributed by atoms with Crippen LogP contribution >= 0.6 is 28.1 Å². The molecule has 0 aromatic heterocycles. The Balaban J connectivity index is 1.90. The molecule has 6 heteroatoms. The molecular formula is C17H18BrN3OS. The largest absolute Gasteiger partial charge is 0.489 e. The lowest BCUT2D eigenvalue weighted by Crippen LogP contribution is -2.31. The Kier molecular flexibility index (Phi) is 7.03. The number of thiocarbonyl (C=S) groups is 1. The van der Waals surface area contributed by atoms with Crippen molar-refractivity contribution in [3.05, 3.63) is 64.1 Å². The molecule has 0 unspecified atom stereocenters. The Bertz CT molecular complexity index is 674. The lowest BCUT2D eigenvalue weighted by atomic mass is 10.2. The Hall–Kier alpha value is -1.92. The summed E-state index contributed by atoms with van der Waals surface area (Å²) < 4.78 is 6.86. The molecule has 0 fully saturated rings. The van der Waals surface area contributed by atoms with Gasteiger partial charge in [-0.3, -0.25) is 5.43 Å². The molecule has 0 saturated carbocycles. The number of halogens is 1. The molecule has 0 heterocycles. The van der Waals surface area contributed by atoms with Crippen LogP contribution in [0.2, 0.25) is 0 Å². The SMILES string of the molecule is CCNC(=S)N/N=C\c1cccc(OCc2ccc(Br)cc2)c1. The Morgan fingerprint density at radius 1 is 1.26 bits per heavy atom. The summed E-state index contributed by atoms with van der Waals surface area (Å²) in [5, 5.41) is 7.56. The maximum atomic E-state index is 5.80. The Morgan fingerprint density at radius 2 is 2.04 bits per heavy atom. The van der Waals surface area contributed by atoms with Crippen molar-refractivity contribution in [2.45, 2.75) is 13.5 Å². The van der Waals surface area contributed by atoms with E-state index in [2.05, 4.69) is 31.8 Å². The summed E-state index contributed by atoms with van der Waals surface area (Å²) >= 11 is 8.46. The minimum Gasteiger partial charge on any atom is -0.489 e. The van der Waals surface area contributed by atoms with Gasteiger partial charge in [0.1, 0.15) is 12.4 Å². The van der Waals surface area contributed by atoms with Gasteiger partial charge < -0.3 is 10.1 Å². The summed E-state index contributed by atoms with van der Waals surface area (Å²) in [6.07, 6.45) is 1.70. The fraction of sp³-hybridized carbons (Fsp3) is 0.176. The number of hydrogen-bond donors (Lipinski definition) is 2. The molecule has 0 bridgehead atoms. The first-order chi connectivity index (χ1) is 11.2. The normalized spacial score (nSPS) is 10.5. The summed E-state index contributed by atoms with van der Waals surface area (Å²) in [6, 6.07) is 15.8. The third kappa shape index (κ3) is 6.38. The molecule has 0 aliphatic heterocycles. The quantitative estimate of drug-likeness (QED) is 0.446. The van der Waals surface area contributed by atoms with Gasteiger partial charge in [0.25, 0.3) is 0 Å². The third-order valence-electron chi connectivity index (χ3n) is 2.89. The number of hydrogen-bond acceptors (Lipinski definition) is 3. The zero-order chi connectivity index (χ0) is 16.5. The van der Waals surface area contributed by atoms with Crippen LogP contribution < -0.4 is 15.5 Å². The van der Waals surface area contributed by atoms with Crippen LogP contribution in [0.25, 0.3) is 0 Å². The van der Waals surface area contributed by atoms with Crippen LogP contribution in [0.15, 0.2) is 58.1 Å². The van der Waals surface area contributed by atoms with Crippen molar-refractivity contribution in [1.82, 2.24) is 10.7 Å². The molecule has 2 rings (SSSR count). The van der Waals surface area contributed by atoms with Gasteiger partial charge in [0.05, 0.1) is 6.21 Å². The van der Waals surface area contributed by atoms with E-state index in [-0.39, 0.29) is 0 Å². The molecular weight excluding hydrogens is 374 g/mol. The van der Waals surface area contributed by atoms with Crippen LogP contribution in [-0.4, -0.2) is 17.9 Å². The van der Waals surface area contributed by atoms with Crippen LogP contribution in [0.4, 0.5) is 0 Å². The van der Waals surface area contributed by atoms with E-state index in [4.69, 9.17) is 17.0 Å². The average Bonchev–Trinajstić information content (AvgIpc) is 2.55. The number of nitrogens with zero attached hydrogens (tertiary/aromatic N) is 1. The molecule has 0 atom stereocenters. The molecule has 0 aliphatic rings. The molecule has 0 aliphatic carbocycles. The van der Waals surface area contributed by atoms with Gasteiger partial charge in [0.15, 0.2) is 5.11 Å². The molecule has 2 aromatic rings. The van der Waals surface area contributed by atoms with E-state index in [1.165, 1.54) is 0 Å². The number of hydrazone groups is 1. The van der Waals surface area contributed by atoms with E-state index >= 15 is 0 Å².